The van der Waals surface area contributed by atoms with E-state index in [1.54, 1.807) is 12.4 Å². The number of carbonyl (C=O) groups is 1. The maximum absolute atomic E-state index is 12.3. The highest BCUT2D eigenvalue weighted by Gasteiger charge is 2.22. The molecule has 2 rings (SSSR count). The molecule has 2 heterocycles. The average molecular weight is 279 g/mol. The first-order chi connectivity index (χ1) is 9.70. The van der Waals surface area contributed by atoms with Crippen molar-refractivity contribution in [3.05, 3.63) is 12.4 Å². The molecule has 1 unspecified atom stereocenters. The fraction of sp³-hybridized carbons (Fsp3) is 0.615. The Hall–Kier alpha value is -1.89. The van der Waals surface area contributed by atoms with E-state index in [0.29, 0.717) is 37.9 Å². The Morgan fingerprint density at radius 1 is 1.40 bits per heavy atom. The monoisotopic (exact) mass is 279 g/mol. The number of ether oxygens (including phenoxy) is 1. The van der Waals surface area contributed by atoms with Gasteiger partial charge in [0.25, 0.3) is 0 Å². The van der Waals surface area contributed by atoms with E-state index >= 15 is 0 Å². The fourth-order valence-corrected chi connectivity index (χ4v) is 2.04. The van der Waals surface area contributed by atoms with E-state index < -0.39 is 0 Å². The standard InChI is InChI=1S/C13H21N5O2/c1-3-15-11-8-14-9-12(17-11)16-10(2)13(19)18-4-6-20-7-5-18/h8-10H,3-7H2,1-2H3,(H2,15,16,17). The van der Waals surface area contributed by atoms with Gasteiger partial charge in [-0.25, -0.2) is 4.98 Å². The van der Waals surface area contributed by atoms with Crippen LogP contribution < -0.4 is 10.6 Å². The predicted octanol–water partition coefficient (Wildman–Crippen LogP) is 0.568. The van der Waals surface area contributed by atoms with E-state index in [1.807, 2.05) is 18.7 Å². The van der Waals surface area contributed by atoms with Crippen LogP contribution in [0.1, 0.15) is 13.8 Å². The van der Waals surface area contributed by atoms with Crippen molar-refractivity contribution in [2.45, 2.75) is 19.9 Å². The van der Waals surface area contributed by atoms with Crippen LogP contribution in [0.15, 0.2) is 12.4 Å². The number of hydrogen-bond donors (Lipinski definition) is 2. The number of carbonyl (C=O) groups excluding carboxylic acids is 1. The second-order valence-corrected chi connectivity index (χ2v) is 4.62. The Balaban J connectivity index is 1.94. The smallest absolute Gasteiger partial charge is 0.244 e. The van der Waals surface area contributed by atoms with E-state index in [-0.39, 0.29) is 11.9 Å². The number of rotatable bonds is 5. The van der Waals surface area contributed by atoms with Crippen LogP contribution in [0.4, 0.5) is 11.6 Å². The first-order valence-corrected chi connectivity index (χ1v) is 6.89. The van der Waals surface area contributed by atoms with Crippen LogP contribution in [-0.4, -0.2) is 59.7 Å². The summed E-state index contributed by atoms with van der Waals surface area (Å²) in [5.74, 6) is 1.35. The zero-order valence-corrected chi connectivity index (χ0v) is 11.9. The van der Waals surface area contributed by atoms with Gasteiger partial charge in [-0.1, -0.05) is 0 Å². The number of anilines is 2. The number of hydrogen-bond acceptors (Lipinski definition) is 6. The average Bonchev–Trinajstić information content (AvgIpc) is 2.48. The quantitative estimate of drug-likeness (QED) is 0.820. The SMILES string of the molecule is CCNc1cncc(NC(C)C(=O)N2CCOCC2)n1. The Bertz CT molecular complexity index is 448. The molecule has 20 heavy (non-hydrogen) atoms. The second kappa shape index (κ2) is 7.04. The van der Waals surface area contributed by atoms with Crippen LogP contribution in [0, 0.1) is 0 Å². The molecule has 1 aromatic rings. The van der Waals surface area contributed by atoms with Gasteiger partial charge in [0.05, 0.1) is 25.6 Å². The Labute approximate surface area is 118 Å². The van der Waals surface area contributed by atoms with Crippen molar-refractivity contribution in [1.82, 2.24) is 14.9 Å². The summed E-state index contributed by atoms with van der Waals surface area (Å²) in [7, 11) is 0. The summed E-state index contributed by atoms with van der Waals surface area (Å²) < 4.78 is 5.25. The molecule has 1 atom stereocenters. The molecule has 0 radical (unpaired) electrons. The fourth-order valence-electron chi connectivity index (χ4n) is 2.04. The van der Waals surface area contributed by atoms with Crippen molar-refractivity contribution in [1.29, 1.82) is 0 Å². The van der Waals surface area contributed by atoms with Gasteiger partial charge < -0.3 is 20.3 Å². The van der Waals surface area contributed by atoms with E-state index in [4.69, 9.17) is 4.74 Å². The van der Waals surface area contributed by atoms with Gasteiger partial charge in [-0.15, -0.1) is 0 Å². The van der Waals surface area contributed by atoms with Gasteiger partial charge in [0.15, 0.2) is 0 Å². The van der Waals surface area contributed by atoms with E-state index in [9.17, 15) is 4.79 Å². The summed E-state index contributed by atoms with van der Waals surface area (Å²) >= 11 is 0. The van der Waals surface area contributed by atoms with Crippen LogP contribution in [0.2, 0.25) is 0 Å². The van der Waals surface area contributed by atoms with Crippen LogP contribution >= 0.6 is 0 Å². The molecule has 1 aliphatic rings. The van der Waals surface area contributed by atoms with Gasteiger partial charge in [-0.05, 0) is 13.8 Å². The summed E-state index contributed by atoms with van der Waals surface area (Å²) in [6.07, 6.45) is 3.27. The molecule has 0 aromatic carbocycles. The van der Waals surface area contributed by atoms with Crippen LogP contribution in [0.3, 0.4) is 0 Å². The Morgan fingerprint density at radius 3 is 2.80 bits per heavy atom. The first kappa shape index (κ1) is 14.5. The van der Waals surface area contributed by atoms with Gasteiger partial charge in [0.1, 0.15) is 17.7 Å². The summed E-state index contributed by atoms with van der Waals surface area (Å²) in [6, 6.07) is -0.334. The minimum Gasteiger partial charge on any atom is -0.378 e. The molecule has 0 bridgehead atoms. The zero-order valence-electron chi connectivity index (χ0n) is 11.9. The summed E-state index contributed by atoms with van der Waals surface area (Å²) in [5, 5.41) is 6.18. The highest BCUT2D eigenvalue weighted by atomic mass is 16.5. The Morgan fingerprint density at radius 2 is 2.10 bits per heavy atom. The molecular weight excluding hydrogens is 258 g/mol. The minimum absolute atomic E-state index is 0.0592. The zero-order chi connectivity index (χ0) is 14.4. The molecule has 1 saturated heterocycles. The Kier molecular flexibility index (Phi) is 5.11. The lowest BCUT2D eigenvalue weighted by Gasteiger charge is -2.29. The van der Waals surface area contributed by atoms with Gasteiger partial charge >= 0.3 is 0 Å². The van der Waals surface area contributed by atoms with Gasteiger partial charge in [0, 0.05) is 19.6 Å². The molecule has 1 fully saturated rings. The molecule has 0 saturated carbocycles. The largest absolute Gasteiger partial charge is 0.378 e. The van der Waals surface area contributed by atoms with Gasteiger partial charge in [-0.3, -0.25) is 9.78 Å². The molecule has 7 nitrogen and oxygen atoms in total. The third-order valence-electron chi connectivity index (χ3n) is 3.05. The number of morpholine rings is 1. The van der Waals surface area contributed by atoms with E-state index in [2.05, 4.69) is 20.6 Å². The molecular formula is C13H21N5O2. The number of nitrogens with zero attached hydrogens (tertiary/aromatic N) is 3. The molecule has 7 heteroatoms. The third-order valence-corrected chi connectivity index (χ3v) is 3.05. The lowest BCUT2D eigenvalue weighted by Crippen LogP contribution is -2.47. The van der Waals surface area contributed by atoms with Crippen LogP contribution in [-0.2, 0) is 9.53 Å². The predicted molar refractivity (Wildman–Crippen MR) is 76.7 cm³/mol. The van der Waals surface area contributed by atoms with Crippen LogP contribution in [0.25, 0.3) is 0 Å². The van der Waals surface area contributed by atoms with Crippen molar-refractivity contribution in [3.8, 4) is 0 Å². The molecule has 0 aliphatic carbocycles. The molecule has 0 spiro atoms. The van der Waals surface area contributed by atoms with Crippen molar-refractivity contribution < 1.29 is 9.53 Å². The van der Waals surface area contributed by atoms with Crippen molar-refractivity contribution in [2.75, 3.05) is 43.5 Å². The molecule has 110 valence electrons. The number of aromatic nitrogens is 2. The molecule has 2 N–H and O–H groups in total. The molecule has 1 aliphatic heterocycles. The maximum atomic E-state index is 12.3. The highest BCUT2D eigenvalue weighted by Crippen LogP contribution is 2.09. The second-order valence-electron chi connectivity index (χ2n) is 4.62. The van der Waals surface area contributed by atoms with Crippen molar-refractivity contribution in [3.63, 3.8) is 0 Å². The topological polar surface area (TPSA) is 79.4 Å². The third kappa shape index (κ3) is 3.80. The number of amides is 1. The van der Waals surface area contributed by atoms with Gasteiger partial charge in [-0.2, -0.15) is 0 Å². The maximum Gasteiger partial charge on any atom is 0.244 e. The van der Waals surface area contributed by atoms with Gasteiger partial charge in [0.2, 0.25) is 5.91 Å². The van der Waals surface area contributed by atoms with E-state index in [1.165, 1.54) is 0 Å². The van der Waals surface area contributed by atoms with E-state index in [0.717, 1.165) is 6.54 Å². The summed E-state index contributed by atoms with van der Waals surface area (Å²) in [5.41, 5.74) is 0. The minimum atomic E-state index is -0.334. The van der Waals surface area contributed by atoms with Crippen molar-refractivity contribution >= 4 is 17.5 Å². The number of nitrogens with one attached hydrogen (secondary N) is 2. The lowest BCUT2D eigenvalue weighted by atomic mass is 10.2. The van der Waals surface area contributed by atoms with Crippen molar-refractivity contribution in [2.24, 2.45) is 0 Å². The lowest BCUT2D eigenvalue weighted by molar-refractivity contribution is -0.135. The summed E-state index contributed by atoms with van der Waals surface area (Å²) in [4.78, 5) is 22.5. The van der Waals surface area contributed by atoms with Crippen LogP contribution in [0.5, 0.6) is 0 Å². The molecule has 1 amide bonds. The first-order valence-electron chi connectivity index (χ1n) is 6.89. The normalized spacial score (nSPS) is 16.6. The molecule has 1 aromatic heterocycles. The highest BCUT2D eigenvalue weighted by molar-refractivity contribution is 5.84. The summed E-state index contributed by atoms with van der Waals surface area (Å²) in [6.45, 7) is 7.11.